The fraction of sp³-hybridized carbons (Fsp3) is 0.714. The van der Waals surface area contributed by atoms with Gasteiger partial charge in [0, 0.05) is 13.6 Å². The number of nitrogens with one attached hydrogen (secondary N) is 1. The molecule has 0 amide bonds. The van der Waals surface area contributed by atoms with Crippen LogP contribution < -0.4 is 0 Å². The minimum atomic E-state index is 0.815. The standard InChI is InChI=1S/C14H25N5S/c1-5-8-11-12-13(18(4)16-11)19(14(20)15-12)10-7-6-9-17(2)3/h5-10H2,1-4H3,(H,15,20). The highest BCUT2D eigenvalue weighted by molar-refractivity contribution is 7.71. The lowest BCUT2D eigenvalue weighted by Gasteiger charge is -2.09. The first-order valence-corrected chi connectivity index (χ1v) is 7.74. The van der Waals surface area contributed by atoms with E-state index in [9.17, 15) is 0 Å². The molecule has 0 aliphatic rings. The molecule has 5 nitrogen and oxygen atoms in total. The maximum absolute atomic E-state index is 5.47. The van der Waals surface area contributed by atoms with Gasteiger partial charge in [-0.25, -0.2) is 0 Å². The van der Waals surface area contributed by atoms with Crippen LogP contribution in [0.25, 0.3) is 11.2 Å². The number of aromatic nitrogens is 4. The van der Waals surface area contributed by atoms with E-state index in [1.807, 2.05) is 11.7 Å². The summed E-state index contributed by atoms with van der Waals surface area (Å²) < 4.78 is 4.96. The van der Waals surface area contributed by atoms with Crippen LogP contribution in [-0.2, 0) is 20.0 Å². The number of fused-ring (bicyclic) bond motifs is 1. The third kappa shape index (κ3) is 3.12. The van der Waals surface area contributed by atoms with Crippen LogP contribution in [-0.4, -0.2) is 44.9 Å². The van der Waals surface area contributed by atoms with Gasteiger partial charge in [-0.1, -0.05) is 13.3 Å². The predicted molar refractivity (Wildman–Crippen MR) is 85.7 cm³/mol. The first kappa shape index (κ1) is 15.3. The molecule has 2 rings (SSSR count). The van der Waals surface area contributed by atoms with E-state index in [0.29, 0.717) is 0 Å². The Hall–Kier alpha value is -1.14. The van der Waals surface area contributed by atoms with Crippen LogP contribution in [0.1, 0.15) is 31.9 Å². The van der Waals surface area contributed by atoms with Crippen LogP contribution in [0.3, 0.4) is 0 Å². The summed E-state index contributed by atoms with van der Waals surface area (Å²) >= 11 is 5.47. The molecule has 0 unspecified atom stereocenters. The number of rotatable bonds is 7. The molecule has 0 aliphatic carbocycles. The second-order valence-electron chi connectivity index (χ2n) is 5.61. The summed E-state index contributed by atoms with van der Waals surface area (Å²) in [4.78, 5) is 5.55. The summed E-state index contributed by atoms with van der Waals surface area (Å²) in [5.74, 6) is 0. The SMILES string of the molecule is CCCc1nn(C)c2c1[nH]c(=S)n2CCCCN(C)C. The van der Waals surface area contributed by atoms with Gasteiger partial charge in [-0.05, 0) is 52.1 Å². The van der Waals surface area contributed by atoms with Gasteiger partial charge in [-0.3, -0.25) is 4.68 Å². The quantitative estimate of drug-likeness (QED) is 0.631. The molecule has 0 saturated heterocycles. The number of hydrogen-bond donors (Lipinski definition) is 1. The van der Waals surface area contributed by atoms with Crippen molar-refractivity contribution in [2.75, 3.05) is 20.6 Å². The predicted octanol–water partition coefficient (Wildman–Crippen LogP) is 2.73. The summed E-state index contributed by atoms with van der Waals surface area (Å²) in [5, 5.41) is 4.61. The lowest BCUT2D eigenvalue weighted by atomic mass is 10.2. The van der Waals surface area contributed by atoms with Gasteiger partial charge >= 0.3 is 0 Å². The van der Waals surface area contributed by atoms with Crippen molar-refractivity contribution in [2.24, 2.45) is 7.05 Å². The van der Waals surface area contributed by atoms with E-state index in [0.717, 1.165) is 54.0 Å². The Bertz CT molecular complexity index is 619. The van der Waals surface area contributed by atoms with Crippen LogP contribution >= 0.6 is 12.2 Å². The fourth-order valence-corrected chi connectivity index (χ4v) is 2.87. The van der Waals surface area contributed by atoms with Gasteiger partial charge in [0.25, 0.3) is 0 Å². The highest BCUT2D eigenvalue weighted by Gasteiger charge is 2.14. The number of nitrogens with zero attached hydrogens (tertiary/aromatic N) is 4. The highest BCUT2D eigenvalue weighted by Crippen LogP contribution is 2.19. The molecule has 20 heavy (non-hydrogen) atoms. The second-order valence-corrected chi connectivity index (χ2v) is 6.00. The number of H-pyrrole nitrogens is 1. The summed E-state index contributed by atoms with van der Waals surface area (Å²) in [7, 11) is 6.22. The second kappa shape index (κ2) is 6.54. The molecule has 0 aromatic carbocycles. The first-order valence-electron chi connectivity index (χ1n) is 7.33. The Kier molecular flexibility index (Phi) is 4.99. The normalized spacial score (nSPS) is 11.8. The number of hydrogen-bond acceptors (Lipinski definition) is 3. The smallest absolute Gasteiger partial charge is 0.179 e. The maximum Gasteiger partial charge on any atom is 0.179 e. The van der Waals surface area contributed by atoms with E-state index in [1.165, 1.54) is 6.42 Å². The van der Waals surface area contributed by atoms with Gasteiger partial charge in [-0.2, -0.15) is 5.10 Å². The van der Waals surface area contributed by atoms with E-state index in [-0.39, 0.29) is 0 Å². The first-order chi connectivity index (χ1) is 9.54. The van der Waals surface area contributed by atoms with E-state index < -0.39 is 0 Å². The molecule has 0 atom stereocenters. The molecule has 0 bridgehead atoms. The average Bonchev–Trinajstić information content (AvgIpc) is 2.85. The molecule has 0 spiro atoms. The minimum Gasteiger partial charge on any atom is -0.328 e. The highest BCUT2D eigenvalue weighted by atomic mass is 32.1. The largest absolute Gasteiger partial charge is 0.328 e. The topological polar surface area (TPSA) is 41.8 Å². The Morgan fingerprint density at radius 2 is 2.05 bits per heavy atom. The third-order valence-electron chi connectivity index (χ3n) is 3.55. The van der Waals surface area contributed by atoms with Crippen molar-refractivity contribution in [1.82, 2.24) is 24.2 Å². The van der Waals surface area contributed by atoms with Crippen molar-refractivity contribution < 1.29 is 0 Å². The van der Waals surface area contributed by atoms with Crippen molar-refractivity contribution in [3.05, 3.63) is 10.5 Å². The molecule has 2 aromatic rings. The molecular weight excluding hydrogens is 270 g/mol. The third-order valence-corrected chi connectivity index (χ3v) is 3.87. The number of imidazole rings is 1. The van der Waals surface area contributed by atoms with Gasteiger partial charge in [0.15, 0.2) is 10.4 Å². The van der Waals surface area contributed by atoms with Crippen molar-refractivity contribution >= 4 is 23.4 Å². The molecule has 0 fully saturated rings. The van der Waals surface area contributed by atoms with E-state index in [4.69, 9.17) is 12.2 Å². The van der Waals surface area contributed by atoms with Gasteiger partial charge in [0.2, 0.25) is 0 Å². The zero-order valence-corrected chi connectivity index (χ0v) is 13.8. The van der Waals surface area contributed by atoms with Crippen molar-refractivity contribution in [3.8, 4) is 0 Å². The van der Waals surface area contributed by atoms with Gasteiger partial charge in [-0.15, -0.1) is 0 Å². The molecule has 112 valence electrons. The summed E-state index contributed by atoms with van der Waals surface area (Å²) in [5.41, 5.74) is 3.37. The molecule has 0 radical (unpaired) electrons. The van der Waals surface area contributed by atoms with Crippen LogP contribution in [0.4, 0.5) is 0 Å². The number of aryl methyl sites for hydroxylation is 3. The average molecular weight is 295 g/mol. The van der Waals surface area contributed by atoms with E-state index in [1.54, 1.807) is 0 Å². The van der Waals surface area contributed by atoms with Crippen molar-refractivity contribution in [2.45, 2.75) is 39.2 Å². The molecule has 2 heterocycles. The lowest BCUT2D eigenvalue weighted by Crippen LogP contribution is -2.13. The molecule has 2 aromatic heterocycles. The Morgan fingerprint density at radius 1 is 1.30 bits per heavy atom. The lowest BCUT2D eigenvalue weighted by molar-refractivity contribution is 0.387. The molecular formula is C14H25N5S. The van der Waals surface area contributed by atoms with Crippen LogP contribution in [0.15, 0.2) is 0 Å². The van der Waals surface area contributed by atoms with Gasteiger partial charge in [0.1, 0.15) is 5.52 Å². The maximum atomic E-state index is 5.47. The van der Waals surface area contributed by atoms with Crippen molar-refractivity contribution in [3.63, 3.8) is 0 Å². The number of aromatic amines is 1. The van der Waals surface area contributed by atoms with Gasteiger partial charge < -0.3 is 14.5 Å². The molecule has 0 saturated carbocycles. The fourth-order valence-electron chi connectivity index (χ4n) is 2.59. The molecule has 0 aliphatic heterocycles. The molecule has 1 N–H and O–H groups in total. The number of unbranched alkanes of at least 4 members (excludes halogenated alkanes) is 1. The minimum absolute atomic E-state index is 0.815. The van der Waals surface area contributed by atoms with Crippen LogP contribution in [0.2, 0.25) is 0 Å². The van der Waals surface area contributed by atoms with E-state index in [2.05, 4.69) is 40.6 Å². The Balaban J connectivity index is 2.20. The summed E-state index contributed by atoms with van der Waals surface area (Å²) in [6.45, 7) is 4.25. The monoisotopic (exact) mass is 295 g/mol. The molecule has 6 heteroatoms. The zero-order valence-electron chi connectivity index (χ0n) is 12.9. The Morgan fingerprint density at radius 3 is 2.70 bits per heavy atom. The Labute approximate surface area is 125 Å². The summed E-state index contributed by atoms with van der Waals surface area (Å²) in [6, 6.07) is 0. The van der Waals surface area contributed by atoms with E-state index >= 15 is 0 Å². The van der Waals surface area contributed by atoms with Crippen LogP contribution in [0, 0.1) is 4.77 Å². The van der Waals surface area contributed by atoms with Gasteiger partial charge in [0.05, 0.1) is 5.69 Å². The van der Waals surface area contributed by atoms with Crippen LogP contribution in [0.5, 0.6) is 0 Å². The zero-order chi connectivity index (χ0) is 14.7. The summed E-state index contributed by atoms with van der Waals surface area (Å²) in [6.07, 6.45) is 4.41. The van der Waals surface area contributed by atoms with Crippen molar-refractivity contribution in [1.29, 1.82) is 0 Å².